The molecule has 0 saturated carbocycles. The molecule has 0 aromatic heterocycles. The van der Waals surface area contributed by atoms with E-state index >= 15 is 0 Å². The maximum absolute atomic E-state index is 12.7. The lowest BCUT2D eigenvalue weighted by Gasteiger charge is -2.18. The van der Waals surface area contributed by atoms with E-state index in [1.807, 2.05) is 0 Å². The summed E-state index contributed by atoms with van der Waals surface area (Å²) in [6, 6.07) is 0. The smallest absolute Gasteiger partial charge is 0.306 e. The van der Waals surface area contributed by atoms with Gasteiger partial charge in [-0.05, 0) is 19.3 Å². The van der Waals surface area contributed by atoms with Crippen LogP contribution in [0.2, 0.25) is 0 Å². The third-order valence-electron chi connectivity index (χ3n) is 11.4. The van der Waals surface area contributed by atoms with Gasteiger partial charge < -0.3 is 14.2 Å². The molecule has 1 atom stereocenters. The minimum atomic E-state index is -0.758. The van der Waals surface area contributed by atoms with Gasteiger partial charge in [0.05, 0.1) is 0 Å². The summed E-state index contributed by atoms with van der Waals surface area (Å²) >= 11 is 0. The molecule has 332 valence electrons. The van der Waals surface area contributed by atoms with Gasteiger partial charge in [0.25, 0.3) is 0 Å². The molecule has 0 unspecified atom stereocenters. The fourth-order valence-electron chi connectivity index (χ4n) is 7.56. The van der Waals surface area contributed by atoms with Crippen molar-refractivity contribution in [2.75, 3.05) is 13.2 Å². The number of carbonyl (C=O) groups excluding carboxylic acids is 3. The Hall–Kier alpha value is -1.59. The van der Waals surface area contributed by atoms with Crippen LogP contribution < -0.4 is 0 Å². The predicted octanol–water partition coefficient (Wildman–Crippen LogP) is 16.0. The van der Waals surface area contributed by atoms with Crippen LogP contribution in [0.5, 0.6) is 0 Å². The summed E-state index contributed by atoms with van der Waals surface area (Å²) in [6.45, 7) is 6.66. The molecular formula is C50H96O6. The van der Waals surface area contributed by atoms with Crippen LogP contribution in [0, 0.1) is 0 Å². The first-order valence-electron chi connectivity index (χ1n) is 25.0. The van der Waals surface area contributed by atoms with E-state index in [2.05, 4.69) is 20.8 Å². The second-order valence-electron chi connectivity index (χ2n) is 17.1. The summed E-state index contributed by atoms with van der Waals surface area (Å²) in [7, 11) is 0. The van der Waals surface area contributed by atoms with E-state index in [1.54, 1.807) is 0 Å². The van der Waals surface area contributed by atoms with E-state index in [0.717, 1.165) is 57.8 Å². The molecule has 0 rings (SSSR count). The van der Waals surface area contributed by atoms with E-state index in [1.165, 1.54) is 186 Å². The number of hydrogen-bond donors (Lipinski definition) is 0. The van der Waals surface area contributed by atoms with Crippen molar-refractivity contribution in [1.82, 2.24) is 0 Å². The molecule has 0 N–H and O–H groups in total. The van der Waals surface area contributed by atoms with Gasteiger partial charge in [-0.15, -0.1) is 0 Å². The number of ether oxygens (including phenoxy) is 3. The Bertz CT molecular complexity index is 828. The molecular weight excluding hydrogens is 697 g/mol. The summed E-state index contributed by atoms with van der Waals surface area (Å²) in [5.74, 6) is -0.844. The van der Waals surface area contributed by atoms with Gasteiger partial charge in [0, 0.05) is 19.3 Å². The molecule has 0 bridgehead atoms. The molecule has 0 aliphatic heterocycles. The van der Waals surface area contributed by atoms with Crippen molar-refractivity contribution in [1.29, 1.82) is 0 Å². The topological polar surface area (TPSA) is 78.9 Å². The molecule has 6 nitrogen and oxygen atoms in total. The first kappa shape index (κ1) is 54.4. The second kappa shape index (κ2) is 46.1. The lowest BCUT2D eigenvalue weighted by molar-refractivity contribution is -0.167. The second-order valence-corrected chi connectivity index (χ2v) is 17.1. The van der Waals surface area contributed by atoms with Crippen molar-refractivity contribution in [3.05, 3.63) is 0 Å². The highest BCUT2D eigenvalue weighted by Crippen LogP contribution is 2.16. The number of esters is 3. The predicted molar refractivity (Wildman–Crippen MR) is 238 cm³/mol. The zero-order valence-corrected chi connectivity index (χ0v) is 37.9. The van der Waals surface area contributed by atoms with Gasteiger partial charge in [-0.1, -0.05) is 245 Å². The van der Waals surface area contributed by atoms with Crippen molar-refractivity contribution < 1.29 is 28.6 Å². The first-order valence-corrected chi connectivity index (χ1v) is 25.0. The molecule has 0 amide bonds. The van der Waals surface area contributed by atoms with Crippen molar-refractivity contribution in [3.63, 3.8) is 0 Å². The SMILES string of the molecule is CCCCCCCCCCCCCCCCCC(=O)OC[C@H](COC(=O)CCCCCCCCCCCCC)OC(=O)CCCCCCCCCCCCCC. The van der Waals surface area contributed by atoms with Gasteiger partial charge in [0.1, 0.15) is 13.2 Å². The largest absolute Gasteiger partial charge is 0.462 e. The van der Waals surface area contributed by atoms with Crippen LogP contribution in [0.25, 0.3) is 0 Å². The third-order valence-corrected chi connectivity index (χ3v) is 11.4. The normalized spacial score (nSPS) is 11.8. The van der Waals surface area contributed by atoms with Gasteiger partial charge >= 0.3 is 17.9 Å². The van der Waals surface area contributed by atoms with Gasteiger partial charge in [-0.2, -0.15) is 0 Å². The van der Waals surface area contributed by atoms with Gasteiger partial charge in [0.2, 0.25) is 0 Å². The van der Waals surface area contributed by atoms with Crippen LogP contribution in [0.15, 0.2) is 0 Å². The first-order chi connectivity index (χ1) is 27.5. The minimum absolute atomic E-state index is 0.0620. The quantitative estimate of drug-likeness (QED) is 0.0347. The highest BCUT2D eigenvalue weighted by molar-refractivity contribution is 5.71. The van der Waals surface area contributed by atoms with E-state index in [-0.39, 0.29) is 31.1 Å². The molecule has 0 aromatic rings. The molecule has 0 aromatic carbocycles. The van der Waals surface area contributed by atoms with E-state index in [9.17, 15) is 14.4 Å². The number of rotatable bonds is 46. The Kier molecular flexibility index (Phi) is 44.8. The van der Waals surface area contributed by atoms with Crippen molar-refractivity contribution in [3.8, 4) is 0 Å². The Morgan fingerprint density at radius 1 is 0.286 bits per heavy atom. The average Bonchev–Trinajstić information content (AvgIpc) is 3.19. The lowest BCUT2D eigenvalue weighted by Crippen LogP contribution is -2.30. The van der Waals surface area contributed by atoms with Crippen molar-refractivity contribution >= 4 is 17.9 Å². The molecule has 0 saturated heterocycles. The summed E-state index contributed by atoms with van der Waals surface area (Å²) in [5, 5.41) is 0. The summed E-state index contributed by atoms with van der Waals surface area (Å²) in [6.07, 6.45) is 47.9. The molecule has 0 radical (unpaired) electrons. The molecule has 6 heteroatoms. The number of carbonyl (C=O) groups is 3. The van der Waals surface area contributed by atoms with Gasteiger partial charge in [0.15, 0.2) is 6.10 Å². The summed E-state index contributed by atoms with van der Waals surface area (Å²) in [4.78, 5) is 37.8. The molecule has 0 spiro atoms. The maximum atomic E-state index is 12.7. The summed E-state index contributed by atoms with van der Waals surface area (Å²) < 4.78 is 16.8. The molecule has 56 heavy (non-hydrogen) atoms. The van der Waals surface area contributed by atoms with Crippen LogP contribution in [-0.2, 0) is 28.6 Å². The highest BCUT2D eigenvalue weighted by Gasteiger charge is 2.19. The van der Waals surface area contributed by atoms with E-state index in [4.69, 9.17) is 14.2 Å². The lowest BCUT2D eigenvalue weighted by atomic mass is 10.0. The average molecular weight is 793 g/mol. The highest BCUT2D eigenvalue weighted by atomic mass is 16.6. The Morgan fingerprint density at radius 3 is 0.714 bits per heavy atom. The number of hydrogen-bond acceptors (Lipinski definition) is 6. The van der Waals surface area contributed by atoms with Gasteiger partial charge in [-0.25, -0.2) is 0 Å². The minimum Gasteiger partial charge on any atom is -0.462 e. The molecule has 0 heterocycles. The fraction of sp³-hybridized carbons (Fsp3) is 0.940. The zero-order chi connectivity index (χ0) is 40.8. The van der Waals surface area contributed by atoms with Crippen LogP contribution in [0.1, 0.15) is 284 Å². The molecule has 0 aliphatic rings. The maximum Gasteiger partial charge on any atom is 0.306 e. The molecule has 0 aliphatic carbocycles. The van der Waals surface area contributed by atoms with Crippen LogP contribution in [0.3, 0.4) is 0 Å². The van der Waals surface area contributed by atoms with Crippen LogP contribution in [-0.4, -0.2) is 37.2 Å². The van der Waals surface area contributed by atoms with Gasteiger partial charge in [-0.3, -0.25) is 14.4 Å². The van der Waals surface area contributed by atoms with Crippen LogP contribution in [0.4, 0.5) is 0 Å². The fourth-order valence-corrected chi connectivity index (χ4v) is 7.56. The Labute approximate surface area is 348 Å². The molecule has 0 fully saturated rings. The van der Waals surface area contributed by atoms with Crippen molar-refractivity contribution in [2.24, 2.45) is 0 Å². The zero-order valence-electron chi connectivity index (χ0n) is 37.9. The van der Waals surface area contributed by atoms with Crippen LogP contribution >= 0.6 is 0 Å². The monoisotopic (exact) mass is 793 g/mol. The Morgan fingerprint density at radius 2 is 0.482 bits per heavy atom. The number of unbranched alkanes of at least 4 members (excludes halogenated alkanes) is 35. The standard InChI is InChI=1S/C50H96O6/c1-4-7-10-13-16-19-22-24-25-26-29-31-34-37-40-43-49(52)55-46-47(45-54-48(51)42-39-36-33-30-27-21-18-15-12-9-6-3)56-50(53)44-41-38-35-32-28-23-20-17-14-11-8-5-2/h47H,4-46H2,1-3H3/t47-/m0/s1. The summed E-state index contributed by atoms with van der Waals surface area (Å²) in [5.41, 5.74) is 0. The van der Waals surface area contributed by atoms with Crippen molar-refractivity contribution in [2.45, 2.75) is 290 Å². The Balaban J connectivity index is 4.29. The van der Waals surface area contributed by atoms with E-state index < -0.39 is 6.10 Å². The third kappa shape index (κ3) is 43.5. The van der Waals surface area contributed by atoms with E-state index in [0.29, 0.717) is 19.3 Å².